The first kappa shape index (κ1) is 11.0. The maximum Gasteiger partial charge on any atom is 0.0579 e. The Bertz CT molecular complexity index is 134. The summed E-state index contributed by atoms with van der Waals surface area (Å²) in [7, 11) is 0. The van der Waals surface area contributed by atoms with Crippen molar-refractivity contribution >= 4 is 0 Å². The Morgan fingerprint density at radius 3 is 2.00 bits per heavy atom. The second kappa shape index (κ2) is 4.99. The van der Waals surface area contributed by atoms with Crippen molar-refractivity contribution in [1.82, 2.24) is 0 Å². The van der Waals surface area contributed by atoms with E-state index in [1.165, 1.54) is 25.7 Å². The van der Waals surface area contributed by atoms with Crippen LogP contribution in [0.1, 0.15) is 53.4 Å². The molecule has 0 heterocycles. The monoisotopic (exact) mass is 184 g/mol. The zero-order chi connectivity index (χ0) is 9.84. The summed E-state index contributed by atoms with van der Waals surface area (Å²) in [6, 6.07) is 0. The second-order valence-electron chi connectivity index (χ2n) is 4.97. The summed E-state index contributed by atoms with van der Waals surface area (Å²) in [5.74, 6) is 1.58. The summed E-state index contributed by atoms with van der Waals surface area (Å²) in [4.78, 5) is 0. The molecule has 0 spiro atoms. The van der Waals surface area contributed by atoms with Crippen LogP contribution in [-0.2, 0) is 4.74 Å². The predicted octanol–water partition coefficient (Wildman–Crippen LogP) is 3.63. The van der Waals surface area contributed by atoms with Gasteiger partial charge in [-0.2, -0.15) is 0 Å². The van der Waals surface area contributed by atoms with Gasteiger partial charge in [0.2, 0.25) is 0 Å². The second-order valence-corrected chi connectivity index (χ2v) is 4.97. The summed E-state index contributed by atoms with van der Waals surface area (Å²) in [5.41, 5.74) is 0. The van der Waals surface area contributed by atoms with E-state index in [0.29, 0.717) is 18.1 Å². The van der Waals surface area contributed by atoms with E-state index in [0.717, 1.165) is 5.92 Å². The van der Waals surface area contributed by atoms with Gasteiger partial charge in [0, 0.05) is 0 Å². The first-order valence-corrected chi connectivity index (χ1v) is 5.75. The van der Waals surface area contributed by atoms with Crippen molar-refractivity contribution in [2.45, 2.75) is 65.6 Å². The van der Waals surface area contributed by atoms with E-state index in [2.05, 4.69) is 27.7 Å². The summed E-state index contributed by atoms with van der Waals surface area (Å²) in [6.45, 7) is 9.01. The Balaban J connectivity index is 2.22. The van der Waals surface area contributed by atoms with Crippen LogP contribution in [0.15, 0.2) is 0 Å². The van der Waals surface area contributed by atoms with Crippen LogP contribution >= 0.6 is 0 Å². The number of ether oxygens (including phenoxy) is 1. The molecule has 0 aromatic carbocycles. The highest BCUT2D eigenvalue weighted by molar-refractivity contribution is 4.71. The average molecular weight is 184 g/mol. The minimum Gasteiger partial charge on any atom is -0.375 e. The SMILES string of the molecule is CC1CCC(O[C@H](C)C(C)C)CC1. The highest BCUT2D eigenvalue weighted by Crippen LogP contribution is 2.27. The third-order valence-corrected chi connectivity index (χ3v) is 3.31. The lowest BCUT2D eigenvalue weighted by atomic mass is 9.89. The van der Waals surface area contributed by atoms with Gasteiger partial charge in [-0.3, -0.25) is 0 Å². The molecule has 0 unspecified atom stereocenters. The molecule has 0 bridgehead atoms. The van der Waals surface area contributed by atoms with Crippen LogP contribution in [0, 0.1) is 11.8 Å². The highest BCUT2D eigenvalue weighted by atomic mass is 16.5. The molecule has 0 aromatic heterocycles. The van der Waals surface area contributed by atoms with E-state index in [-0.39, 0.29) is 0 Å². The van der Waals surface area contributed by atoms with Crippen molar-refractivity contribution in [3.8, 4) is 0 Å². The third kappa shape index (κ3) is 3.68. The molecule has 1 atom stereocenters. The Labute approximate surface area is 82.9 Å². The Kier molecular flexibility index (Phi) is 4.24. The first-order chi connectivity index (χ1) is 6.09. The fraction of sp³-hybridized carbons (Fsp3) is 1.00. The van der Waals surface area contributed by atoms with Gasteiger partial charge in [-0.05, 0) is 44.4 Å². The number of hydrogen-bond donors (Lipinski definition) is 0. The Morgan fingerprint density at radius 1 is 1.00 bits per heavy atom. The molecule has 0 radical (unpaired) electrons. The maximum absolute atomic E-state index is 6.00. The third-order valence-electron chi connectivity index (χ3n) is 3.31. The standard InChI is InChI=1S/C12H24O/c1-9(2)11(4)13-12-7-5-10(3)6-8-12/h9-12H,5-8H2,1-4H3/t10?,11-,12?/m1/s1. The highest BCUT2D eigenvalue weighted by Gasteiger charge is 2.21. The normalized spacial score (nSPS) is 32.1. The van der Waals surface area contributed by atoms with E-state index in [9.17, 15) is 0 Å². The quantitative estimate of drug-likeness (QED) is 0.651. The van der Waals surface area contributed by atoms with Gasteiger partial charge in [0.1, 0.15) is 0 Å². The summed E-state index contributed by atoms with van der Waals surface area (Å²) < 4.78 is 6.00. The van der Waals surface area contributed by atoms with Crippen LogP contribution in [0.25, 0.3) is 0 Å². The lowest BCUT2D eigenvalue weighted by molar-refractivity contribution is -0.0461. The summed E-state index contributed by atoms with van der Waals surface area (Å²) >= 11 is 0. The van der Waals surface area contributed by atoms with Gasteiger partial charge in [-0.25, -0.2) is 0 Å². The molecule has 0 amide bonds. The molecule has 1 aliphatic rings. The molecule has 1 rings (SSSR count). The summed E-state index contributed by atoms with van der Waals surface area (Å²) in [6.07, 6.45) is 6.24. The molecule has 1 fully saturated rings. The van der Waals surface area contributed by atoms with E-state index in [1.807, 2.05) is 0 Å². The molecule has 78 valence electrons. The average Bonchev–Trinajstić information content (AvgIpc) is 2.08. The maximum atomic E-state index is 6.00. The van der Waals surface area contributed by atoms with E-state index in [1.54, 1.807) is 0 Å². The van der Waals surface area contributed by atoms with Gasteiger partial charge in [-0.15, -0.1) is 0 Å². The van der Waals surface area contributed by atoms with Gasteiger partial charge in [-0.1, -0.05) is 20.8 Å². The Hall–Kier alpha value is -0.0400. The van der Waals surface area contributed by atoms with Crippen LogP contribution in [0.3, 0.4) is 0 Å². The zero-order valence-electron chi connectivity index (χ0n) is 9.55. The Morgan fingerprint density at radius 2 is 1.54 bits per heavy atom. The minimum atomic E-state index is 0.429. The van der Waals surface area contributed by atoms with Gasteiger partial charge >= 0.3 is 0 Å². The van der Waals surface area contributed by atoms with Crippen LogP contribution in [0.2, 0.25) is 0 Å². The molecule has 1 saturated carbocycles. The van der Waals surface area contributed by atoms with Crippen LogP contribution < -0.4 is 0 Å². The van der Waals surface area contributed by atoms with Gasteiger partial charge in [0.15, 0.2) is 0 Å². The lowest BCUT2D eigenvalue weighted by Gasteiger charge is -2.30. The largest absolute Gasteiger partial charge is 0.375 e. The molecular weight excluding hydrogens is 160 g/mol. The minimum absolute atomic E-state index is 0.429. The molecule has 1 aliphatic carbocycles. The fourth-order valence-electron chi connectivity index (χ4n) is 1.83. The number of hydrogen-bond acceptors (Lipinski definition) is 1. The molecule has 1 heteroatoms. The molecule has 13 heavy (non-hydrogen) atoms. The molecule has 1 nitrogen and oxygen atoms in total. The van der Waals surface area contributed by atoms with E-state index in [4.69, 9.17) is 4.74 Å². The van der Waals surface area contributed by atoms with E-state index >= 15 is 0 Å². The van der Waals surface area contributed by atoms with E-state index < -0.39 is 0 Å². The van der Waals surface area contributed by atoms with Crippen LogP contribution in [0.5, 0.6) is 0 Å². The number of rotatable bonds is 3. The van der Waals surface area contributed by atoms with Crippen molar-refractivity contribution in [2.75, 3.05) is 0 Å². The van der Waals surface area contributed by atoms with Crippen molar-refractivity contribution in [2.24, 2.45) is 11.8 Å². The van der Waals surface area contributed by atoms with Gasteiger partial charge in [0.05, 0.1) is 12.2 Å². The predicted molar refractivity (Wildman–Crippen MR) is 56.8 cm³/mol. The van der Waals surface area contributed by atoms with Gasteiger partial charge < -0.3 is 4.74 Å². The van der Waals surface area contributed by atoms with Crippen molar-refractivity contribution < 1.29 is 4.74 Å². The topological polar surface area (TPSA) is 9.23 Å². The van der Waals surface area contributed by atoms with Crippen molar-refractivity contribution in [1.29, 1.82) is 0 Å². The summed E-state index contributed by atoms with van der Waals surface area (Å²) in [5, 5.41) is 0. The molecular formula is C12H24O. The van der Waals surface area contributed by atoms with Crippen molar-refractivity contribution in [3.63, 3.8) is 0 Å². The van der Waals surface area contributed by atoms with Crippen LogP contribution in [-0.4, -0.2) is 12.2 Å². The van der Waals surface area contributed by atoms with Crippen LogP contribution in [0.4, 0.5) is 0 Å². The zero-order valence-corrected chi connectivity index (χ0v) is 9.55. The lowest BCUT2D eigenvalue weighted by Crippen LogP contribution is -2.27. The smallest absolute Gasteiger partial charge is 0.0579 e. The molecule has 0 aliphatic heterocycles. The van der Waals surface area contributed by atoms with Crippen molar-refractivity contribution in [3.05, 3.63) is 0 Å². The molecule has 0 saturated heterocycles. The first-order valence-electron chi connectivity index (χ1n) is 5.75. The van der Waals surface area contributed by atoms with Gasteiger partial charge in [0.25, 0.3) is 0 Å². The molecule has 0 aromatic rings. The fourth-order valence-corrected chi connectivity index (χ4v) is 1.83. The molecule has 0 N–H and O–H groups in total.